The number of fused-ring (bicyclic) bond motifs is 1. The lowest BCUT2D eigenvalue weighted by Gasteiger charge is -2.18. The van der Waals surface area contributed by atoms with Crippen LogP contribution in [0.3, 0.4) is 0 Å². The summed E-state index contributed by atoms with van der Waals surface area (Å²) in [6.45, 7) is 3.45. The Morgan fingerprint density at radius 2 is 1.42 bits per heavy atom. The van der Waals surface area contributed by atoms with Crippen LogP contribution in [0.2, 0.25) is 0 Å². The summed E-state index contributed by atoms with van der Waals surface area (Å²) in [6.07, 6.45) is 0. The van der Waals surface area contributed by atoms with Gasteiger partial charge < -0.3 is 5.32 Å². The van der Waals surface area contributed by atoms with E-state index in [1.807, 2.05) is 68.6 Å². The van der Waals surface area contributed by atoms with Crippen molar-refractivity contribution in [2.45, 2.75) is 26.6 Å². The van der Waals surface area contributed by atoms with Gasteiger partial charge in [0.25, 0.3) is 5.56 Å². The van der Waals surface area contributed by atoms with Crippen LogP contribution in [0.5, 0.6) is 0 Å². The van der Waals surface area contributed by atoms with E-state index in [1.54, 1.807) is 30.3 Å². The average Bonchev–Trinajstić information content (AvgIpc) is 3.41. The third kappa shape index (κ3) is 6.09. The van der Waals surface area contributed by atoms with Gasteiger partial charge in [-0.3, -0.25) is 14.3 Å². The van der Waals surface area contributed by atoms with Crippen molar-refractivity contribution in [1.82, 2.24) is 14.0 Å². The second-order valence-corrected chi connectivity index (χ2v) is 11.9. The van der Waals surface area contributed by atoms with E-state index in [-0.39, 0.29) is 12.1 Å². The molecule has 2 heterocycles. The second kappa shape index (κ2) is 13.0. The Balaban J connectivity index is 1.62. The summed E-state index contributed by atoms with van der Waals surface area (Å²) in [6, 6.07) is 30.2. The molecule has 0 spiro atoms. The van der Waals surface area contributed by atoms with Crippen molar-refractivity contribution >= 4 is 27.2 Å². The number of hydrogen-bond donors (Lipinski definition) is 1. The van der Waals surface area contributed by atoms with Crippen LogP contribution in [-0.4, -0.2) is 27.6 Å². The minimum atomic E-state index is -0.758. The van der Waals surface area contributed by atoms with E-state index in [0.717, 1.165) is 38.4 Å². The van der Waals surface area contributed by atoms with Gasteiger partial charge in [0.1, 0.15) is 16.5 Å². The number of halogens is 2. The summed E-state index contributed by atoms with van der Waals surface area (Å²) in [5.41, 5.74) is 2.70. The van der Waals surface area contributed by atoms with E-state index in [1.165, 1.54) is 34.1 Å². The molecular formula is C36H32F2N4O2S. The highest BCUT2D eigenvalue weighted by Crippen LogP contribution is 2.38. The molecule has 6 nitrogen and oxygen atoms in total. The minimum absolute atomic E-state index is 0.244. The highest BCUT2D eigenvalue weighted by molar-refractivity contribution is 7.22. The SMILES string of the molecule is CCNc1ccc(-c2sc3c(c2CN(C)Cc2ccccc2)c(=O)n(-c2ccccc2)c(=O)n3Cc2c(F)cccc2F)cc1. The maximum absolute atomic E-state index is 15.0. The van der Waals surface area contributed by atoms with Crippen molar-refractivity contribution in [2.75, 3.05) is 18.9 Å². The Morgan fingerprint density at radius 3 is 2.07 bits per heavy atom. The van der Waals surface area contributed by atoms with Gasteiger partial charge in [0.05, 0.1) is 17.6 Å². The van der Waals surface area contributed by atoms with Crippen molar-refractivity contribution in [1.29, 1.82) is 0 Å². The molecule has 0 radical (unpaired) electrons. The highest BCUT2D eigenvalue weighted by Gasteiger charge is 2.25. The lowest BCUT2D eigenvalue weighted by molar-refractivity contribution is 0.321. The molecule has 0 aliphatic rings. The van der Waals surface area contributed by atoms with Gasteiger partial charge in [-0.15, -0.1) is 11.3 Å². The number of thiophene rings is 1. The molecule has 6 aromatic rings. The summed E-state index contributed by atoms with van der Waals surface area (Å²) in [5, 5.41) is 3.65. The first kappa shape index (κ1) is 30.2. The van der Waals surface area contributed by atoms with Crippen LogP contribution in [0.15, 0.2) is 113 Å². The fourth-order valence-corrected chi connectivity index (χ4v) is 6.91. The first-order valence-corrected chi connectivity index (χ1v) is 15.5. The van der Waals surface area contributed by atoms with Gasteiger partial charge >= 0.3 is 5.69 Å². The zero-order chi connectivity index (χ0) is 31.5. The van der Waals surface area contributed by atoms with Gasteiger partial charge in [0.2, 0.25) is 0 Å². The summed E-state index contributed by atoms with van der Waals surface area (Å²) >= 11 is 1.29. The Bertz CT molecular complexity index is 2050. The maximum atomic E-state index is 15.0. The van der Waals surface area contributed by atoms with E-state index < -0.39 is 22.9 Å². The Hall–Kier alpha value is -4.86. The van der Waals surface area contributed by atoms with Crippen LogP contribution in [0.1, 0.15) is 23.6 Å². The largest absolute Gasteiger partial charge is 0.385 e. The molecular weight excluding hydrogens is 590 g/mol. The summed E-state index contributed by atoms with van der Waals surface area (Å²) in [7, 11) is 1.98. The molecule has 2 aromatic heterocycles. The van der Waals surface area contributed by atoms with Crippen molar-refractivity contribution in [3.63, 3.8) is 0 Å². The molecule has 1 N–H and O–H groups in total. The van der Waals surface area contributed by atoms with Crippen LogP contribution in [0.4, 0.5) is 14.5 Å². The molecule has 228 valence electrons. The number of hydrogen-bond acceptors (Lipinski definition) is 5. The molecule has 0 bridgehead atoms. The lowest BCUT2D eigenvalue weighted by atomic mass is 10.1. The minimum Gasteiger partial charge on any atom is -0.385 e. The normalized spacial score (nSPS) is 11.4. The quantitative estimate of drug-likeness (QED) is 0.175. The van der Waals surface area contributed by atoms with Crippen LogP contribution < -0.4 is 16.6 Å². The maximum Gasteiger partial charge on any atom is 0.337 e. The van der Waals surface area contributed by atoms with E-state index in [9.17, 15) is 18.4 Å². The molecule has 0 atom stereocenters. The fourth-order valence-electron chi connectivity index (χ4n) is 5.60. The molecule has 0 aliphatic carbocycles. The molecule has 45 heavy (non-hydrogen) atoms. The summed E-state index contributed by atoms with van der Waals surface area (Å²) in [4.78, 5) is 31.9. The fraction of sp³-hybridized carbons (Fsp3) is 0.167. The van der Waals surface area contributed by atoms with E-state index in [0.29, 0.717) is 29.0 Å². The molecule has 0 aliphatic heterocycles. The predicted molar refractivity (Wildman–Crippen MR) is 178 cm³/mol. The van der Waals surface area contributed by atoms with Crippen LogP contribution in [-0.2, 0) is 19.6 Å². The molecule has 0 unspecified atom stereocenters. The number of para-hydroxylation sites is 1. The monoisotopic (exact) mass is 622 g/mol. The van der Waals surface area contributed by atoms with E-state index in [4.69, 9.17) is 0 Å². The van der Waals surface area contributed by atoms with E-state index >= 15 is 0 Å². The molecule has 0 saturated carbocycles. The molecule has 6 rings (SSSR count). The highest BCUT2D eigenvalue weighted by atomic mass is 32.1. The Morgan fingerprint density at radius 1 is 0.778 bits per heavy atom. The van der Waals surface area contributed by atoms with Gasteiger partial charge in [0, 0.05) is 35.8 Å². The third-order valence-corrected chi connectivity index (χ3v) is 9.02. The van der Waals surface area contributed by atoms with Crippen molar-refractivity contribution in [3.05, 3.63) is 152 Å². The molecule has 4 aromatic carbocycles. The molecule has 0 fully saturated rings. The zero-order valence-electron chi connectivity index (χ0n) is 25.0. The predicted octanol–water partition coefficient (Wildman–Crippen LogP) is 7.27. The standard InChI is InChI=1S/C36H32F2N4O2S/c1-3-39-26-19-17-25(18-20-26)33-29(22-40(2)21-24-11-6-4-7-12-24)32-34(43)42(27-13-8-5-9-14-27)36(44)41(35(32)45-33)23-28-30(37)15-10-16-31(28)38/h4-20,39H,3,21-23H2,1-2H3. The van der Waals surface area contributed by atoms with Gasteiger partial charge in [0.15, 0.2) is 0 Å². The zero-order valence-corrected chi connectivity index (χ0v) is 25.8. The number of nitrogens with one attached hydrogen (secondary N) is 1. The molecule has 0 amide bonds. The van der Waals surface area contributed by atoms with Crippen molar-refractivity contribution in [3.8, 4) is 16.1 Å². The topological polar surface area (TPSA) is 59.3 Å². The van der Waals surface area contributed by atoms with Gasteiger partial charge in [-0.25, -0.2) is 18.1 Å². The smallest absolute Gasteiger partial charge is 0.337 e. The lowest BCUT2D eigenvalue weighted by Crippen LogP contribution is -2.39. The van der Waals surface area contributed by atoms with E-state index in [2.05, 4.69) is 10.2 Å². The van der Waals surface area contributed by atoms with Gasteiger partial charge in [-0.1, -0.05) is 66.7 Å². The summed E-state index contributed by atoms with van der Waals surface area (Å²) < 4.78 is 32.4. The number of anilines is 1. The second-order valence-electron chi connectivity index (χ2n) is 10.9. The van der Waals surface area contributed by atoms with Gasteiger partial charge in [-0.2, -0.15) is 0 Å². The number of rotatable bonds is 10. The average molecular weight is 623 g/mol. The van der Waals surface area contributed by atoms with Crippen molar-refractivity contribution < 1.29 is 8.78 Å². The number of aromatic nitrogens is 2. The number of benzene rings is 4. The third-order valence-electron chi connectivity index (χ3n) is 7.72. The Labute approximate surface area is 263 Å². The molecule has 9 heteroatoms. The van der Waals surface area contributed by atoms with Crippen molar-refractivity contribution in [2.24, 2.45) is 0 Å². The van der Waals surface area contributed by atoms with Gasteiger partial charge in [-0.05, 0) is 67.1 Å². The van der Waals surface area contributed by atoms with Crippen LogP contribution in [0.25, 0.3) is 26.3 Å². The van der Waals surface area contributed by atoms with Crippen LogP contribution >= 0.6 is 11.3 Å². The Kier molecular flexibility index (Phi) is 8.73. The van der Waals surface area contributed by atoms with Crippen LogP contribution in [0, 0.1) is 11.6 Å². The molecule has 0 saturated heterocycles. The summed E-state index contributed by atoms with van der Waals surface area (Å²) in [5.74, 6) is -1.52. The first-order valence-electron chi connectivity index (χ1n) is 14.7. The number of nitrogens with zero attached hydrogens (tertiary/aromatic N) is 3. The first-order chi connectivity index (χ1) is 21.9.